The fourth-order valence-electron chi connectivity index (χ4n) is 2.56. The van der Waals surface area contributed by atoms with Gasteiger partial charge in [0.2, 0.25) is 0 Å². The number of halogens is 1. The molecule has 114 valence electrons. The Hall–Kier alpha value is -2.04. The summed E-state index contributed by atoms with van der Waals surface area (Å²) in [5.41, 5.74) is 1.44. The number of morpholine rings is 1. The van der Waals surface area contributed by atoms with E-state index in [9.17, 15) is 9.90 Å². The van der Waals surface area contributed by atoms with Gasteiger partial charge in [-0.2, -0.15) is 0 Å². The lowest BCUT2D eigenvalue weighted by Gasteiger charge is -2.33. The van der Waals surface area contributed by atoms with E-state index in [0.717, 1.165) is 5.56 Å². The zero-order valence-electron chi connectivity index (χ0n) is 11.9. The van der Waals surface area contributed by atoms with Crippen LogP contribution in [0, 0.1) is 0 Å². The van der Waals surface area contributed by atoms with Crippen LogP contribution in [0.4, 0.5) is 0 Å². The van der Waals surface area contributed by atoms with Gasteiger partial charge >= 0.3 is 0 Å². The average Bonchev–Trinajstić information content (AvgIpc) is 2.54. The van der Waals surface area contributed by atoms with E-state index >= 15 is 0 Å². The average molecular weight is 318 g/mol. The molecule has 1 saturated heterocycles. The molecule has 1 aliphatic rings. The first-order chi connectivity index (χ1) is 10.6. The monoisotopic (exact) mass is 317 g/mol. The molecule has 1 atom stereocenters. The molecule has 1 unspecified atom stereocenters. The van der Waals surface area contributed by atoms with Gasteiger partial charge in [0.1, 0.15) is 11.9 Å². The first kappa shape index (κ1) is 14.9. The summed E-state index contributed by atoms with van der Waals surface area (Å²) >= 11 is 6.01. The van der Waals surface area contributed by atoms with Crippen LogP contribution in [0.3, 0.4) is 0 Å². The molecule has 0 aromatic heterocycles. The molecular weight excluding hydrogens is 302 g/mol. The molecule has 4 nitrogen and oxygen atoms in total. The fraction of sp³-hybridized carbons (Fsp3) is 0.235. The van der Waals surface area contributed by atoms with Gasteiger partial charge in [0.25, 0.3) is 5.91 Å². The van der Waals surface area contributed by atoms with Crippen LogP contribution in [0.15, 0.2) is 48.5 Å². The van der Waals surface area contributed by atoms with Crippen molar-refractivity contribution in [1.82, 2.24) is 4.90 Å². The molecule has 0 bridgehead atoms. The zero-order valence-corrected chi connectivity index (χ0v) is 12.7. The van der Waals surface area contributed by atoms with E-state index in [4.69, 9.17) is 16.3 Å². The highest BCUT2D eigenvalue weighted by molar-refractivity contribution is 6.30. The summed E-state index contributed by atoms with van der Waals surface area (Å²) in [4.78, 5) is 14.3. The van der Waals surface area contributed by atoms with Crippen molar-refractivity contribution >= 4 is 17.5 Å². The predicted octanol–water partition coefficient (Wildman–Crippen LogP) is 3.26. The Kier molecular flexibility index (Phi) is 4.32. The van der Waals surface area contributed by atoms with E-state index in [0.29, 0.717) is 30.3 Å². The van der Waals surface area contributed by atoms with Gasteiger partial charge in [-0.15, -0.1) is 0 Å². The van der Waals surface area contributed by atoms with Crippen molar-refractivity contribution in [2.24, 2.45) is 0 Å². The van der Waals surface area contributed by atoms with Gasteiger partial charge in [-0.05, 0) is 35.9 Å². The first-order valence-electron chi connectivity index (χ1n) is 7.09. The lowest BCUT2D eigenvalue weighted by molar-refractivity contribution is -0.0228. The lowest BCUT2D eigenvalue weighted by Crippen LogP contribution is -2.42. The first-order valence-corrected chi connectivity index (χ1v) is 7.46. The quantitative estimate of drug-likeness (QED) is 0.925. The normalized spacial score (nSPS) is 18.2. The van der Waals surface area contributed by atoms with Crippen LogP contribution in [-0.2, 0) is 4.74 Å². The van der Waals surface area contributed by atoms with Gasteiger partial charge in [0, 0.05) is 17.1 Å². The molecule has 1 fully saturated rings. The van der Waals surface area contributed by atoms with Crippen molar-refractivity contribution in [3.63, 3.8) is 0 Å². The van der Waals surface area contributed by atoms with Crippen LogP contribution in [0.25, 0.3) is 0 Å². The number of carbonyl (C=O) groups excluding carboxylic acids is 1. The second-order valence-electron chi connectivity index (χ2n) is 5.22. The van der Waals surface area contributed by atoms with Crippen molar-refractivity contribution in [3.05, 3.63) is 64.7 Å². The Balaban J connectivity index is 1.77. The second kappa shape index (κ2) is 6.38. The fourth-order valence-corrected chi connectivity index (χ4v) is 2.76. The highest BCUT2D eigenvalue weighted by atomic mass is 35.5. The summed E-state index contributed by atoms with van der Waals surface area (Å²) in [5, 5.41) is 10.2. The number of benzene rings is 2. The molecule has 5 heteroatoms. The van der Waals surface area contributed by atoms with Gasteiger partial charge in [0.15, 0.2) is 0 Å². The molecule has 1 aliphatic heterocycles. The number of rotatable bonds is 2. The van der Waals surface area contributed by atoms with Crippen LogP contribution >= 0.6 is 11.6 Å². The van der Waals surface area contributed by atoms with Crippen molar-refractivity contribution in [1.29, 1.82) is 0 Å². The highest BCUT2D eigenvalue weighted by Gasteiger charge is 2.26. The second-order valence-corrected chi connectivity index (χ2v) is 5.65. The number of nitrogens with zero attached hydrogens (tertiary/aromatic N) is 1. The van der Waals surface area contributed by atoms with Crippen molar-refractivity contribution in [2.45, 2.75) is 6.10 Å². The maximum atomic E-state index is 12.5. The Morgan fingerprint density at radius 1 is 1.23 bits per heavy atom. The molecular formula is C17H16ClNO3. The third-order valence-electron chi connectivity index (χ3n) is 3.67. The summed E-state index contributed by atoms with van der Waals surface area (Å²) in [5.74, 6) is -0.0169. The molecule has 1 N–H and O–H groups in total. The van der Waals surface area contributed by atoms with Crippen LogP contribution in [0.1, 0.15) is 22.0 Å². The molecule has 2 aromatic carbocycles. The lowest BCUT2D eigenvalue weighted by atomic mass is 10.1. The number of amides is 1. The molecule has 3 rings (SSSR count). The summed E-state index contributed by atoms with van der Waals surface area (Å²) in [7, 11) is 0. The van der Waals surface area contributed by atoms with E-state index in [2.05, 4.69) is 0 Å². The van der Waals surface area contributed by atoms with E-state index < -0.39 is 0 Å². The van der Waals surface area contributed by atoms with Crippen LogP contribution < -0.4 is 0 Å². The number of phenolic OH excluding ortho intramolecular Hbond substituents is 1. The third-order valence-corrected chi connectivity index (χ3v) is 3.90. The predicted molar refractivity (Wildman–Crippen MR) is 84.2 cm³/mol. The van der Waals surface area contributed by atoms with Crippen molar-refractivity contribution in [2.75, 3.05) is 19.7 Å². The van der Waals surface area contributed by atoms with E-state index in [1.54, 1.807) is 23.1 Å². The standard InChI is InChI=1S/C17H16ClNO3/c18-14-5-1-3-12(9-14)16-11-19(7-8-22-16)17(21)13-4-2-6-15(20)10-13/h1-6,9-10,16,20H,7-8,11H2. The smallest absolute Gasteiger partial charge is 0.254 e. The molecule has 1 heterocycles. The minimum absolute atomic E-state index is 0.0884. The van der Waals surface area contributed by atoms with Crippen molar-refractivity contribution < 1.29 is 14.6 Å². The molecule has 22 heavy (non-hydrogen) atoms. The van der Waals surface area contributed by atoms with E-state index in [-0.39, 0.29) is 17.8 Å². The van der Waals surface area contributed by atoms with Gasteiger partial charge in [-0.1, -0.05) is 29.8 Å². The highest BCUT2D eigenvalue weighted by Crippen LogP contribution is 2.25. The molecule has 0 spiro atoms. The number of hydrogen-bond acceptors (Lipinski definition) is 3. The Morgan fingerprint density at radius 3 is 2.82 bits per heavy atom. The number of carbonyl (C=O) groups is 1. The number of aromatic hydroxyl groups is 1. The maximum Gasteiger partial charge on any atom is 0.254 e. The Labute approximate surface area is 133 Å². The van der Waals surface area contributed by atoms with E-state index in [1.165, 1.54) is 6.07 Å². The van der Waals surface area contributed by atoms with Gasteiger partial charge < -0.3 is 14.7 Å². The van der Waals surface area contributed by atoms with Gasteiger partial charge in [-0.25, -0.2) is 0 Å². The van der Waals surface area contributed by atoms with Gasteiger partial charge in [-0.3, -0.25) is 4.79 Å². The number of ether oxygens (including phenoxy) is 1. The summed E-state index contributed by atoms with van der Waals surface area (Å²) in [6.07, 6.45) is -0.186. The molecule has 0 saturated carbocycles. The minimum atomic E-state index is -0.186. The van der Waals surface area contributed by atoms with Crippen molar-refractivity contribution in [3.8, 4) is 5.75 Å². The molecule has 0 radical (unpaired) electrons. The topological polar surface area (TPSA) is 49.8 Å². The molecule has 0 aliphatic carbocycles. The summed E-state index contributed by atoms with van der Waals surface area (Å²) < 4.78 is 5.76. The summed E-state index contributed by atoms with van der Waals surface area (Å²) in [6.45, 7) is 1.47. The number of hydrogen-bond donors (Lipinski definition) is 1. The SMILES string of the molecule is O=C(c1cccc(O)c1)N1CCOC(c2cccc(Cl)c2)C1. The molecule has 1 amide bonds. The van der Waals surface area contributed by atoms with Gasteiger partial charge in [0.05, 0.1) is 13.2 Å². The Bertz CT molecular complexity index is 689. The largest absolute Gasteiger partial charge is 0.508 e. The summed E-state index contributed by atoms with van der Waals surface area (Å²) in [6, 6.07) is 13.9. The zero-order chi connectivity index (χ0) is 15.5. The third kappa shape index (κ3) is 3.24. The minimum Gasteiger partial charge on any atom is -0.508 e. The van der Waals surface area contributed by atoms with Crippen LogP contribution in [0.5, 0.6) is 5.75 Å². The number of phenols is 1. The van der Waals surface area contributed by atoms with Crippen LogP contribution in [0.2, 0.25) is 5.02 Å². The molecule has 2 aromatic rings. The van der Waals surface area contributed by atoms with E-state index in [1.807, 2.05) is 24.3 Å². The van der Waals surface area contributed by atoms with Crippen LogP contribution in [-0.4, -0.2) is 35.6 Å². The maximum absolute atomic E-state index is 12.5. The Morgan fingerprint density at radius 2 is 2.05 bits per heavy atom.